The second kappa shape index (κ2) is 11.3. The number of carbonyl (C=O) groups is 1. The van der Waals surface area contributed by atoms with Crippen molar-refractivity contribution < 1.29 is 9.53 Å². The van der Waals surface area contributed by atoms with Gasteiger partial charge in [0.1, 0.15) is 0 Å². The summed E-state index contributed by atoms with van der Waals surface area (Å²) in [7, 11) is 3.14. The number of guanidine groups is 1. The van der Waals surface area contributed by atoms with Crippen molar-refractivity contribution in [3.05, 3.63) is 64.7 Å². The molecule has 1 fully saturated rings. The summed E-state index contributed by atoms with van der Waals surface area (Å²) in [5.74, 6) is 0.428. The first-order valence-corrected chi connectivity index (χ1v) is 9.62. The Hall–Kier alpha value is -2.00. The summed E-state index contributed by atoms with van der Waals surface area (Å²) in [6.45, 7) is 2.49. The Labute approximate surface area is 193 Å². The fourth-order valence-electron chi connectivity index (χ4n) is 3.24. The largest absolute Gasteiger partial charge is 0.465 e. The van der Waals surface area contributed by atoms with Gasteiger partial charge in [0.2, 0.25) is 0 Å². The molecule has 156 valence electrons. The lowest BCUT2D eigenvalue weighted by atomic mass is 10.1. The molecule has 1 heterocycles. The van der Waals surface area contributed by atoms with E-state index in [4.69, 9.17) is 16.3 Å². The van der Waals surface area contributed by atoms with Crippen LogP contribution in [0.5, 0.6) is 0 Å². The first kappa shape index (κ1) is 23.3. The number of benzene rings is 2. The van der Waals surface area contributed by atoms with Crippen LogP contribution in [0.2, 0.25) is 5.02 Å². The van der Waals surface area contributed by atoms with Gasteiger partial charge in [0.05, 0.1) is 12.7 Å². The maximum absolute atomic E-state index is 11.5. The average molecular weight is 529 g/mol. The molecular formula is C21H26ClIN4O2. The zero-order valence-electron chi connectivity index (χ0n) is 16.5. The molecule has 8 heteroatoms. The lowest BCUT2D eigenvalue weighted by molar-refractivity contribution is 0.0600. The van der Waals surface area contributed by atoms with Crippen LogP contribution < -0.4 is 15.5 Å². The van der Waals surface area contributed by atoms with Gasteiger partial charge in [-0.3, -0.25) is 4.99 Å². The molecule has 1 aliphatic heterocycles. The minimum absolute atomic E-state index is 0. The molecule has 0 aliphatic carbocycles. The number of carbonyl (C=O) groups excluding carboxylic acids is 1. The van der Waals surface area contributed by atoms with Crippen molar-refractivity contribution in [2.24, 2.45) is 4.99 Å². The second-order valence-corrected chi connectivity index (χ2v) is 7.11. The molecule has 6 nitrogen and oxygen atoms in total. The Morgan fingerprint density at radius 1 is 1.28 bits per heavy atom. The van der Waals surface area contributed by atoms with Gasteiger partial charge >= 0.3 is 5.97 Å². The summed E-state index contributed by atoms with van der Waals surface area (Å²) in [5, 5.41) is 7.56. The number of aliphatic imine (C=N–C) groups is 1. The quantitative estimate of drug-likeness (QED) is 0.268. The van der Waals surface area contributed by atoms with Crippen LogP contribution in [0, 0.1) is 0 Å². The predicted octanol–water partition coefficient (Wildman–Crippen LogP) is 3.69. The van der Waals surface area contributed by atoms with E-state index in [9.17, 15) is 4.79 Å². The third-order valence-corrected chi connectivity index (χ3v) is 5.00. The summed E-state index contributed by atoms with van der Waals surface area (Å²) in [6, 6.07) is 15.6. The average Bonchev–Trinajstić information content (AvgIpc) is 3.19. The fourth-order valence-corrected chi connectivity index (χ4v) is 3.42. The van der Waals surface area contributed by atoms with Gasteiger partial charge in [-0.25, -0.2) is 4.79 Å². The highest BCUT2D eigenvalue weighted by Crippen LogP contribution is 2.23. The van der Waals surface area contributed by atoms with Gasteiger partial charge in [-0.05, 0) is 42.3 Å². The molecule has 29 heavy (non-hydrogen) atoms. The van der Waals surface area contributed by atoms with E-state index in [0.29, 0.717) is 18.2 Å². The van der Waals surface area contributed by atoms with Crippen molar-refractivity contribution in [3.63, 3.8) is 0 Å². The Morgan fingerprint density at radius 2 is 2.03 bits per heavy atom. The van der Waals surface area contributed by atoms with E-state index in [2.05, 4.69) is 26.6 Å². The van der Waals surface area contributed by atoms with E-state index < -0.39 is 0 Å². The van der Waals surface area contributed by atoms with Crippen LogP contribution in [0.3, 0.4) is 0 Å². The minimum atomic E-state index is -0.331. The predicted molar refractivity (Wildman–Crippen MR) is 129 cm³/mol. The van der Waals surface area contributed by atoms with Crippen molar-refractivity contribution in [2.75, 3.05) is 32.1 Å². The van der Waals surface area contributed by atoms with Crippen molar-refractivity contribution in [3.8, 4) is 0 Å². The molecule has 1 saturated heterocycles. The highest BCUT2D eigenvalue weighted by molar-refractivity contribution is 14.0. The molecule has 2 aromatic carbocycles. The number of methoxy groups -OCH3 is 1. The summed E-state index contributed by atoms with van der Waals surface area (Å²) in [6.07, 6.45) is 1.03. The van der Waals surface area contributed by atoms with Crippen molar-refractivity contribution in [1.29, 1.82) is 0 Å². The van der Waals surface area contributed by atoms with Crippen LogP contribution >= 0.6 is 35.6 Å². The Morgan fingerprint density at radius 3 is 2.69 bits per heavy atom. The summed E-state index contributed by atoms with van der Waals surface area (Å²) >= 11 is 6.10. The molecule has 2 N–H and O–H groups in total. The third-order valence-electron chi connectivity index (χ3n) is 4.76. The molecule has 1 unspecified atom stereocenters. The van der Waals surface area contributed by atoms with E-state index in [1.165, 1.54) is 7.11 Å². The highest BCUT2D eigenvalue weighted by Gasteiger charge is 2.23. The van der Waals surface area contributed by atoms with Gasteiger partial charge in [0.15, 0.2) is 5.96 Å². The van der Waals surface area contributed by atoms with Gasteiger partial charge in [-0.1, -0.05) is 29.8 Å². The zero-order chi connectivity index (χ0) is 19.9. The molecule has 3 rings (SSSR count). The van der Waals surface area contributed by atoms with Gasteiger partial charge in [0, 0.05) is 43.4 Å². The van der Waals surface area contributed by atoms with E-state index in [1.54, 1.807) is 19.2 Å². The Kier molecular flexibility index (Phi) is 9.03. The Bertz CT molecular complexity index is 845. The molecule has 0 bridgehead atoms. The zero-order valence-corrected chi connectivity index (χ0v) is 19.6. The fraction of sp³-hybridized carbons (Fsp3) is 0.333. The highest BCUT2D eigenvalue weighted by atomic mass is 127. The number of hydrogen-bond donors (Lipinski definition) is 2. The standard InChI is InChI=1S/C21H25ClN4O2.HI/c1-23-21(24-13-15-6-8-16(9-7-15)20(27)28-2)25-18-10-11-26(14-18)19-5-3-4-17(22)12-19;/h3-9,12,18H,10-11,13-14H2,1-2H3,(H2,23,24,25);1H. The molecule has 0 radical (unpaired) electrons. The van der Waals surface area contributed by atoms with Crippen LogP contribution in [0.1, 0.15) is 22.3 Å². The number of halogens is 2. The summed E-state index contributed by atoms with van der Waals surface area (Å²) in [4.78, 5) is 18.1. The lowest BCUT2D eigenvalue weighted by Crippen LogP contribution is -2.44. The maximum atomic E-state index is 11.5. The van der Waals surface area contributed by atoms with Gasteiger partial charge < -0.3 is 20.3 Å². The molecule has 0 amide bonds. The van der Waals surface area contributed by atoms with Crippen LogP contribution in [0.15, 0.2) is 53.5 Å². The molecule has 1 aliphatic rings. The van der Waals surface area contributed by atoms with Crippen molar-refractivity contribution in [1.82, 2.24) is 10.6 Å². The monoisotopic (exact) mass is 528 g/mol. The first-order chi connectivity index (χ1) is 13.6. The van der Waals surface area contributed by atoms with Crippen LogP contribution in [-0.2, 0) is 11.3 Å². The molecule has 0 spiro atoms. The number of hydrogen-bond acceptors (Lipinski definition) is 4. The van der Waals surface area contributed by atoms with Gasteiger partial charge in [-0.15, -0.1) is 24.0 Å². The number of nitrogens with one attached hydrogen (secondary N) is 2. The SMILES string of the molecule is CN=C(NCc1ccc(C(=O)OC)cc1)NC1CCN(c2cccc(Cl)c2)C1.I. The third kappa shape index (κ3) is 6.50. The van der Waals surface area contributed by atoms with Gasteiger partial charge in [-0.2, -0.15) is 0 Å². The smallest absolute Gasteiger partial charge is 0.337 e. The molecule has 1 atom stereocenters. The second-order valence-electron chi connectivity index (χ2n) is 6.67. The van der Waals surface area contributed by atoms with Crippen LogP contribution in [0.4, 0.5) is 5.69 Å². The number of esters is 1. The van der Waals surface area contributed by atoms with Crippen LogP contribution in [-0.4, -0.2) is 45.2 Å². The molecule has 0 saturated carbocycles. The Balaban J connectivity index is 0.00000300. The number of ether oxygens (including phenoxy) is 1. The van der Waals surface area contributed by atoms with Crippen molar-refractivity contribution in [2.45, 2.75) is 19.0 Å². The molecule has 2 aromatic rings. The number of rotatable bonds is 5. The van der Waals surface area contributed by atoms with Gasteiger partial charge in [0.25, 0.3) is 0 Å². The minimum Gasteiger partial charge on any atom is -0.465 e. The maximum Gasteiger partial charge on any atom is 0.337 e. The van der Waals surface area contributed by atoms with E-state index in [-0.39, 0.29) is 29.9 Å². The summed E-state index contributed by atoms with van der Waals surface area (Å²) < 4.78 is 4.72. The molecule has 0 aromatic heterocycles. The topological polar surface area (TPSA) is 66.0 Å². The lowest BCUT2D eigenvalue weighted by Gasteiger charge is -2.20. The summed E-state index contributed by atoms with van der Waals surface area (Å²) in [5.41, 5.74) is 2.74. The first-order valence-electron chi connectivity index (χ1n) is 9.24. The molecular weight excluding hydrogens is 503 g/mol. The van der Waals surface area contributed by atoms with E-state index >= 15 is 0 Å². The number of nitrogens with zero attached hydrogens (tertiary/aromatic N) is 2. The number of anilines is 1. The van der Waals surface area contributed by atoms with Crippen molar-refractivity contribution >= 4 is 53.2 Å². The van der Waals surface area contributed by atoms with E-state index in [1.807, 2.05) is 30.3 Å². The van der Waals surface area contributed by atoms with E-state index in [0.717, 1.165) is 41.7 Å². The normalized spacial score (nSPS) is 16.2. The van der Waals surface area contributed by atoms with Crippen LogP contribution in [0.25, 0.3) is 0 Å².